The smallest absolute Gasteiger partial charge is 0.248 e. The minimum absolute atomic E-state index is 0.434. The van der Waals surface area contributed by atoms with E-state index in [-0.39, 0.29) is 0 Å². The first kappa shape index (κ1) is 14.3. The minimum atomic E-state index is -0.491. The van der Waals surface area contributed by atoms with Crippen LogP contribution >= 0.6 is 0 Å². The van der Waals surface area contributed by atoms with Crippen LogP contribution in [0.4, 0.5) is 5.95 Å². The normalized spacial score (nSPS) is 16.6. The maximum Gasteiger partial charge on any atom is 0.248 e. The Morgan fingerprint density at radius 3 is 2.71 bits per heavy atom. The predicted molar refractivity (Wildman–Crippen MR) is 87.8 cm³/mol. The fourth-order valence-electron chi connectivity index (χ4n) is 2.92. The van der Waals surface area contributed by atoms with E-state index in [1.165, 1.54) is 0 Å². The Morgan fingerprint density at radius 2 is 2.04 bits per heavy atom. The van der Waals surface area contributed by atoms with E-state index in [0.717, 1.165) is 5.56 Å². The van der Waals surface area contributed by atoms with Gasteiger partial charge in [0.15, 0.2) is 5.76 Å². The number of nitrogens with zero attached hydrogens (tertiary/aromatic N) is 3. The van der Waals surface area contributed by atoms with E-state index in [1.807, 2.05) is 30.3 Å². The molecule has 120 valence electrons. The third-order valence-electron chi connectivity index (χ3n) is 3.97. The summed E-state index contributed by atoms with van der Waals surface area (Å²) in [7, 11) is 0. The lowest BCUT2D eigenvalue weighted by Crippen LogP contribution is -2.31. The monoisotopic (exact) mass is 321 g/mol. The van der Waals surface area contributed by atoms with Crippen molar-refractivity contribution in [1.82, 2.24) is 14.8 Å². The quantitative estimate of drug-likeness (QED) is 0.771. The second-order valence-corrected chi connectivity index (χ2v) is 5.52. The molecule has 1 atom stereocenters. The molecular weight excluding hydrogens is 306 g/mol. The van der Waals surface area contributed by atoms with Gasteiger partial charge in [-0.2, -0.15) is 4.98 Å². The lowest BCUT2D eigenvalue weighted by Gasteiger charge is -2.27. The molecule has 1 aliphatic heterocycles. The molecular formula is C17H15N5O2. The molecule has 1 amide bonds. The van der Waals surface area contributed by atoms with Gasteiger partial charge in [0.05, 0.1) is 11.8 Å². The summed E-state index contributed by atoms with van der Waals surface area (Å²) in [5.74, 6) is 1.05. The Hall–Kier alpha value is -3.35. The zero-order valence-corrected chi connectivity index (χ0v) is 12.9. The minimum Gasteiger partial charge on any atom is -0.461 e. The van der Waals surface area contributed by atoms with Crippen LogP contribution < -0.4 is 11.1 Å². The van der Waals surface area contributed by atoms with Crippen LogP contribution in [0.2, 0.25) is 0 Å². The van der Waals surface area contributed by atoms with Crippen molar-refractivity contribution >= 4 is 11.9 Å². The van der Waals surface area contributed by atoms with Crippen molar-refractivity contribution in [2.75, 3.05) is 5.32 Å². The van der Waals surface area contributed by atoms with E-state index in [1.54, 1.807) is 30.0 Å². The number of anilines is 1. The van der Waals surface area contributed by atoms with Gasteiger partial charge in [0.1, 0.15) is 6.04 Å². The number of allylic oxidation sites excluding steroid dienone is 1. The molecule has 3 heterocycles. The zero-order valence-electron chi connectivity index (χ0n) is 12.9. The van der Waals surface area contributed by atoms with Crippen LogP contribution in [0.25, 0.3) is 11.6 Å². The summed E-state index contributed by atoms with van der Waals surface area (Å²) in [5.41, 5.74) is 7.67. The lowest BCUT2D eigenvalue weighted by molar-refractivity contribution is -0.115. The van der Waals surface area contributed by atoms with Crippen molar-refractivity contribution in [3.8, 4) is 11.6 Å². The summed E-state index contributed by atoms with van der Waals surface area (Å²) in [6, 6.07) is 12.7. The molecule has 7 heteroatoms. The van der Waals surface area contributed by atoms with Crippen LogP contribution in [0.15, 0.2) is 64.4 Å². The van der Waals surface area contributed by atoms with E-state index in [0.29, 0.717) is 28.8 Å². The van der Waals surface area contributed by atoms with Gasteiger partial charge in [0, 0.05) is 5.70 Å². The van der Waals surface area contributed by atoms with Crippen LogP contribution in [0.3, 0.4) is 0 Å². The molecule has 0 saturated heterocycles. The largest absolute Gasteiger partial charge is 0.461 e. The van der Waals surface area contributed by atoms with E-state index >= 15 is 0 Å². The highest BCUT2D eigenvalue weighted by Crippen LogP contribution is 2.35. The highest BCUT2D eigenvalue weighted by molar-refractivity contribution is 5.95. The maximum atomic E-state index is 12.0. The molecule has 1 aliphatic rings. The third kappa shape index (κ3) is 2.18. The van der Waals surface area contributed by atoms with Gasteiger partial charge in [-0.05, 0) is 24.6 Å². The number of hydrogen-bond acceptors (Lipinski definition) is 5. The number of amides is 1. The molecule has 0 saturated carbocycles. The van der Waals surface area contributed by atoms with Gasteiger partial charge in [-0.3, -0.25) is 4.79 Å². The molecule has 1 unspecified atom stereocenters. The van der Waals surface area contributed by atoms with Crippen LogP contribution in [0, 0.1) is 0 Å². The fraction of sp³-hybridized carbons (Fsp3) is 0.118. The van der Waals surface area contributed by atoms with Gasteiger partial charge in [-0.1, -0.05) is 30.3 Å². The number of benzene rings is 1. The predicted octanol–water partition coefficient (Wildman–Crippen LogP) is 2.31. The van der Waals surface area contributed by atoms with Gasteiger partial charge in [-0.15, -0.1) is 5.10 Å². The number of rotatable bonds is 3. The Balaban J connectivity index is 1.90. The number of nitrogens with two attached hydrogens (primary N) is 1. The first-order chi connectivity index (χ1) is 11.6. The van der Waals surface area contributed by atoms with Gasteiger partial charge in [0.2, 0.25) is 17.7 Å². The number of carbonyl (C=O) groups is 1. The molecule has 3 aromatic rings. The number of hydrogen-bond donors (Lipinski definition) is 2. The first-order valence-corrected chi connectivity index (χ1v) is 7.48. The standard InChI is InChI=1S/C17H15N5O2/c1-10-13(15(18)23)14(11-6-3-2-4-7-11)22-17(19-10)20-16(21-22)12-8-5-9-24-12/h2-9,14H,1H3,(H2,18,23)(H,19,20,21). The van der Waals surface area contributed by atoms with E-state index < -0.39 is 11.9 Å². The zero-order chi connectivity index (χ0) is 16.7. The summed E-state index contributed by atoms with van der Waals surface area (Å²) in [6.45, 7) is 1.81. The lowest BCUT2D eigenvalue weighted by atomic mass is 9.95. The van der Waals surface area contributed by atoms with E-state index in [4.69, 9.17) is 10.2 Å². The molecule has 4 rings (SSSR count). The average molecular weight is 321 g/mol. The third-order valence-corrected chi connectivity index (χ3v) is 3.97. The molecule has 0 fully saturated rings. The molecule has 7 nitrogen and oxygen atoms in total. The topological polar surface area (TPSA) is 99.0 Å². The Morgan fingerprint density at radius 1 is 1.25 bits per heavy atom. The summed E-state index contributed by atoms with van der Waals surface area (Å²) < 4.78 is 7.03. The molecule has 0 aliphatic carbocycles. The summed E-state index contributed by atoms with van der Waals surface area (Å²) >= 11 is 0. The van der Waals surface area contributed by atoms with Crippen molar-refractivity contribution in [2.24, 2.45) is 5.73 Å². The molecule has 24 heavy (non-hydrogen) atoms. The second-order valence-electron chi connectivity index (χ2n) is 5.52. The Labute approximate surface area is 137 Å². The van der Waals surface area contributed by atoms with Gasteiger partial charge in [-0.25, -0.2) is 4.68 Å². The van der Waals surface area contributed by atoms with Crippen molar-refractivity contribution < 1.29 is 9.21 Å². The second kappa shape index (κ2) is 5.38. The van der Waals surface area contributed by atoms with Crippen molar-refractivity contribution in [2.45, 2.75) is 13.0 Å². The Bertz CT molecular complexity index is 925. The van der Waals surface area contributed by atoms with E-state index in [9.17, 15) is 4.79 Å². The number of primary amides is 1. The van der Waals surface area contributed by atoms with Crippen molar-refractivity contribution in [3.05, 3.63) is 65.6 Å². The number of carbonyl (C=O) groups excluding carboxylic acids is 1. The number of furan rings is 1. The molecule has 0 spiro atoms. The fourth-order valence-corrected chi connectivity index (χ4v) is 2.92. The van der Waals surface area contributed by atoms with E-state index in [2.05, 4.69) is 15.4 Å². The van der Waals surface area contributed by atoms with Gasteiger partial charge in [0.25, 0.3) is 0 Å². The van der Waals surface area contributed by atoms with Crippen molar-refractivity contribution in [1.29, 1.82) is 0 Å². The molecule has 0 radical (unpaired) electrons. The highest BCUT2D eigenvalue weighted by atomic mass is 16.3. The number of fused-ring (bicyclic) bond motifs is 1. The maximum absolute atomic E-state index is 12.0. The van der Waals surface area contributed by atoms with Crippen LogP contribution in [0.1, 0.15) is 18.5 Å². The summed E-state index contributed by atoms with van der Waals surface area (Å²) in [5, 5.41) is 7.63. The number of aromatic nitrogens is 3. The van der Waals surface area contributed by atoms with Crippen LogP contribution in [0.5, 0.6) is 0 Å². The SMILES string of the molecule is CC1=C(C(N)=O)C(c2ccccc2)n2nc(-c3ccco3)nc2N1. The molecule has 0 bridgehead atoms. The average Bonchev–Trinajstić information content (AvgIpc) is 3.23. The Kier molecular flexibility index (Phi) is 3.19. The summed E-state index contributed by atoms with van der Waals surface area (Å²) in [4.78, 5) is 16.5. The molecule has 3 N–H and O–H groups in total. The molecule has 2 aromatic heterocycles. The number of nitrogens with one attached hydrogen (secondary N) is 1. The van der Waals surface area contributed by atoms with Crippen molar-refractivity contribution in [3.63, 3.8) is 0 Å². The van der Waals surface area contributed by atoms with Gasteiger partial charge >= 0.3 is 0 Å². The first-order valence-electron chi connectivity index (χ1n) is 7.48. The van der Waals surface area contributed by atoms with Crippen LogP contribution in [-0.4, -0.2) is 20.7 Å². The van der Waals surface area contributed by atoms with Gasteiger partial charge < -0.3 is 15.5 Å². The highest BCUT2D eigenvalue weighted by Gasteiger charge is 2.33. The summed E-state index contributed by atoms with van der Waals surface area (Å²) in [6.07, 6.45) is 1.57. The molecule has 1 aromatic carbocycles. The van der Waals surface area contributed by atoms with Crippen LogP contribution in [-0.2, 0) is 4.79 Å².